The number of carbonyl (C=O) groups excluding carboxylic acids is 1. The van der Waals surface area contributed by atoms with Gasteiger partial charge in [-0.05, 0) is 56.7 Å². The first-order valence-electron chi connectivity index (χ1n) is 12.9. The summed E-state index contributed by atoms with van der Waals surface area (Å²) in [6.07, 6.45) is 13.9. The fourth-order valence-corrected chi connectivity index (χ4v) is 5.30. The van der Waals surface area contributed by atoms with E-state index >= 15 is 0 Å². The molecule has 2 rings (SSSR count). The number of nitrogens with one attached hydrogen (secondary N) is 1. The van der Waals surface area contributed by atoms with Crippen LogP contribution < -0.4 is 11.1 Å². The molecule has 1 saturated heterocycles. The van der Waals surface area contributed by atoms with Crippen molar-refractivity contribution in [2.45, 2.75) is 70.7 Å². The molecule has 1 aromatic heterocycles. The molecule has 1 aliphatic heterocycles. The van der Waals surface area contributed by atoms with Gasteiger partial charge in [-0.1, -0.05) is 57.3 Å². The lowest BCUT2D eigenvalue weighted by Crippen LogP contribution is -2.39. The predicted octanol–water partition coefficient (Wildman–Crippen LogP) is 7.11. The summed E-state index contributed by atoms with van der Waals surface area (Å²) in [7, 11) is 0. The van der Waals surface area contributed by atoms with Crippen LogP contribution in [0.2, 0.25) is 0 Å². The van der Waals surface area contributed by atoms with Crippen LogP contribution >= 0.6 is 23.7 Å². The molecule has 0 bridgehead atoms. The third-order valence-electron chi connectivity index (χ3n) is 5.14. The molecule has 6 nitrogen and oxygen atoms in total. The Balaban J connectivity index is 0.00000352. The third-order valence-corrected chi connectivity index (χ3v) is 7.44. The van der Waals surface area contributed by atoms with E-state index in [0.717, 1.165) is 42.3 Å². The number of aromatic nitrogens is 2. The Hall–Kier alpha value is -2.43. The van der Waals surface area contributed by atoms with Crippen LogP contribution in [0.3, 0.4) is 0 Å². The van der Waals surface area contributed by atoms with Crippen molar-refractivity contribution in [1.29, 1.82) is 0 Å². The lowest BCUT2D eigenvalue weighted by atomic mass is 10.1. The van der Waals surface area contributed by atoms with Gasteiger partial charge in [0.15, 0.2) is 11.6 Å². The number of allylic oxidation sites excluding steroid dienone is 7. The molecule has 0 saturated carbocycles. The molecular formula is C28H41F2N5OS2. The van der Waals surface area contributed by atoms with Crippen LogP contribution in [0.15, 0.2) is 69.6 Å². The number of halogens is 2. The van der Waals surface area contributed by atoms with E-state index in [1.807, 2.05) is 26.8 Å². The fourth-order valence-electron chi connectivity index (χ4n) is 3.36. The molecule has 0 spiro atoms. The van der Waals surface area contributed by atoms with Crippen molar-refractivity contribution in [3.05, 3.63) is 70.6 Å². The Labute approximate surface area is 235 Å². The monoisotopic (exact) mass is 565 g/mol. The largest absolute Gasteiger partial charge is 0.401 e. The predicted molar refractivity (Wildman–Crippen MR) is 158 cm³/mol. The van der Waals surface area contributed by atoms with E-state index in [9.17, 15) is 13.6 Å². The summed E-state index contributed by atoms with van der Waals surface area (Å²) in [6, 6.07) is 0.250. The summed E-state index contributed by atoms with van der Waals surface area (Å²) in [5.74, 6) is -0.312. The van der Waals surface area contributed by atoms with Crippen molar-refractivity contribution in [3.63, 3.8) is 0 Å². The number of thioether (sulfide) groups is 1. The van der Waals surface area contributed by atoms with Gasteiger partial charge in [-0.2, -0.15) is 0 Å². The maximum absolute atomic E-state index is 14.2. The van der Waals surface area contributed by atoms with E-state index in [2.05, 4.69) is 26.2 Å². The number of nitrogens with zero attached hydrogens (tertiary/aromatic N) is 3. The fraction of sp³-hybridized carbons (Fsp3) is 0.464. The second-order valence-corrected chi connectivity index (χ2v) is 10.3. The summed E-state index contributed by atoms with van der Waals surface area (Å²) in [5.41, 5.74) is 6.36. The van der Waals surface area contributed by atoms with Gasteiger partial charge in [-0.25, -0.2) is 23.1 Å². The minimum Gasteiger partial charge on any atom is -0.401 e. The highest BCUT2D eigenvalue weighted by atomic mass is 32.2. The Morgan fingerprint density at radius 1 is 1.24 bits per heavy atom. The standard InChI is InChI=1S/C26H35F2N5OS2.C2H6/c1-4-9-25(35-26(19(3)29)23(34)16-20(28)10-7-6-8-13-27)32-21-11-14-33(15-12-21)36-22-17-30-24(5-2)31-18-22;1-2/h5-6,8-10,17-18,21,32H,2,4,7,11-16,29H2,1,3H3;1-2H3/b8-6-,20-10+,25-9-,26-19+;. The van der Waals surface area contributed by atoms with Gasteiger partial charge in [0, 0.05) is 37.2 Å². The lowest BCUT2D eigenvalue weighted by molar-refractivity contribution is -0.114. The molecule has 3 N–H and O–H groups in total. The SMILES string of the molecule is C=Cc1ncc(SN2CCC(N/C(=C/CC)S/C(C(=O)C/C(F)=C\C/C=C\CF)=C(\C)N)CC2)cn1.CC. The summed E-state index contributed by atoms with van der Waals surface area (Å²) >= 11 is 2.90. The van der Waals surface area contributed by atoms with E-state index < -0.39 is 12.5 Å². The Morgan fingerprint density at radius 3 is 2.45 bits per heavy atom. The summed E-state index contributed by atoms with van der Waals surface area (Å²) in [6.45, 7) is 12.5. The molecule has 0 radical (unpaired) electrons. The van der Waals surface area contributed by atoms with Crippen LogP contribution in [0.1, 0.15) is 65.6 Å². The average Bonchev–Trinajstić information content (AvgIpc) is 2.92. The molecule has 2 heterocycles. The highest BCUT2D eigenvalue weighted by Gasteiger charge is 2.23. The molecule has 210 valence electrons. The summed E-state index contributed by atoms with van der Waals surface area (Å²) < 4.78 is 28.6. The number of alkyl halides is 1. The first-order chi connectivity index (χ1) is 18.4. The smallest absolute Gasteiger partial charge is 0.178 e. The number of piperidine rings is 1. The third kappa shape index (κ3) is 12.9. The zero-order chi connectivity index (χ0) is 28.3. The van der Waals surface area contributed by atoms with Crippen LogP contribution in [-0.4, -0.2) is 45.9 Å². The van der Waals surface area contributed by atoms with Crippen molar-refractivity contribution >= 4 is 35.6 Å². The molecule has 0 atom stereocenters. The van der Waals surface area contributed by atoms with Crippen molar-refractivity contribution < 1.29 is 13.6 Å². The van der Waals surface area contributed by atoms with E-state index in [0.29, 0.717) is 16.4 Å². The number of nitrogens with two attached hydrogens (primary N) is 1. The van der Waals surface area contributed by atoms with Gasteiger partial charge in [0.1, 0.15) is 12.5 Å². The molecule has 0 aliphatic carbocycles. The molecule has 1 fully saturated rings. The van der Waals surface area contributed by atoms with Gasteiger partial charge in [0.05, 0.1) is 21.3 Å². The number of rotatable bonds is 14. The number of hydrogen-bond donors (Lipinski definition) is 2. The minimum atomic E-state index is -0.597. The maximum atomic E-state index is 14.2. The summed E-state index contributed by atoms with van der Waals surface area (Å²) in [4.78, 5) is 22.6. The van der Waals surface area contributed by atoms with Gasteiger partial charge in [0.25, 0.3) is 0 Å². The number of hydrogen-bond acceptors (Lipinski definition) is 8. The molecule has 1 aliphatic rings. The first-order valence-corrected chi connectivity index (χ1v) is 14.5. The normalized spacial score (nSPS) is 16.1. The molecule has 38 heavy (non-hydrogen) atoms. The lowest BCUT2D eigenvalue weighted by Gasteiger charge is -2.32. The van der Waals surface area contributed by atoms with Crippen LogP contribution in [0.4, 0.5) is 8.78 Å². The quantitative estimate of drug-likeness (QED) is 0.140. The summed E-state index contributed by atoms with van der Waals surface area (Å²) in [5, 5.41) is 4.40. The topological polar surface area (TPSA) is 84.1 Å². The van der Waals surface area contributed by atoms with Crippen LogP contribution in [0.25, 0.3) is 6.08 Å². The van der Waals surface area contributed by atoms with Gasteiger partial charge in [0.2, 0.25) is 0 Å². The zero-order valence-electron chi connectivity index (χ0n) is 22.9. The van der Waals surface area contributed by atoms with Crippen molar-refractivity contribution in [3.8, 4) is 0 Å². The average molecular weight is 566 g/mol. The highest BCUT2D eigenvalue weighted by Crippen LogP contribution is 2.31. The molecular weight excluding hydrogens is 524 g/mol. The van der Waals surface area contributed by atoms with Gasteiger partial charge < -0.3 is 11.1 Å². The van der Waals surface area contributed by atoms with Gasteiger partial charge in [-0.3, -0.25) is 4.79 Å². The minimum absolute atomic E-state index is 0.240. The number of ketones is 1. The molecule has 10 heteroatoms. The van der Waals surface area contributed by atoms with Crippen molar-refractivity contribution in [2.24, 2.45) is 5.73 Å². The Kier molecular flexibility index (Phi) is 17.3. The highest BCUT2D eigenvalue weighted by molar-refractivity contribution is 8.07. The molecule has 0 amide bonds. The molecule has 1 aromatic rings. The maximum Gasteiger partial charge on any atom is 0.178 e. The number of carbonyl (C=O) groups is 1. The van der Waals surface area contributed by atoms with Gasteiger partial charge >= 0.3 is 0 Å². The first kappa shape index (κ1) is 33.6. The van der Waals surface area contributed by atoms with E-state index in [1.54, 1.807) is 37.3 Å². The van der Waals surface area contributed by atoms with Crippen LogP contribution in [-0.2, 0) is 4.79 Å². The van der Waals surface area contributed by atoms with E-state index in [4.69, 9.17) is 5.73 Å². The van der Waals surface area contributed by atoms with Crippen molar-refractivity contribution in [2.75, 3.05) is 19.8 Å². The van der Waals surface area contributed by atoms with E-state index in [1.165, 1.54) is 30.0 Å². The Bertz CT molecular complexity index is 981. The zero-order valence-corrected chi connectivity index (χ0v) is 24.5. The number of Topliss-reactive ketones (excluding diaryl/α,β-unsaturated/α-hetero) is 1. The van der Waals surface area contributed by atoms with Crippen molar-refractivity contribution in [1.82, 2.24) is 19.6 Å². The second-order valence-electron chi connectivity index (χ2n) is 8.12. The molecule has 0 aromatic carbocycles. The Morgan fingerprint density at radius 2 is 1.89 bits per heavy atom. The van der Waals surface area contributed by atoms with Crippen LogP contribution in [0.5, 0.6) is 0 Å². The van der Waals surface area contributed by atoms with Crippen LogP contribution in [0, 0.1) is 0 Å². The second kappa shape index (κ2) is 19.6. The van der Waals surface area contributed by atoms with E-state index in [-0.39, 0.29) is 24.7 Å². The molecule has 0 unspecified atom stereocenters. The van der Waals surface area contributed by atoms with Gasteiger partial charge in [-0.15, -0.1) is 0 Å².